The van der Waals surface area contributed by atoms with Gasteiger partial charge < -0.3 is 15.2 Å². The van der Waals surface area contributed by atoms with Crippen LogP contribution in [-0.2, 0) is 16.1 Å². The average molecular weight is 364 g/mol. The number of aryl methyl sites for hydroxylation is 1. The predicted octanol–water partition coefficient (Wildman–Crippen LogP) is -0.390. The van der Waals surface area contributed by atoms with Crippen LogP contribution in [0.1, 0.15) is 31.0 Å². The van der Waals surface area contributed by atoms with Crippen LogP contribution in [0.2, 0.25) is 0 Å². The Hall–Kier alpha value is -2.00. The van der Waals surface area contributed by atoms with Gasteiger partial charge in [0.25, 0.3) is 0 Å². The molecule has 0 radical (unpaired) electrons. The quantitative estimate of drug-likeness (QED) is 0.758. The zero-order valence-electron chi connectivity index (χ0n) is 15.4. The van der Waals surface area contributed by atoms with Gasteiger partial charge in [-0.25, -0.2) is 0 Å². The summed E-state index contributed by atoms with van der Waals surface area (Å²) in [6.45, 7) is 7.33. The van der Waals surface area contributed by atoms with Crippen molar-refractivity contribution < 1.29 is 14.1 Å². The molecule has 2 amide bonds. The summed E-state index contributed by atoms with van der Waals surface area (Å²) in [4.78, 5) is 34.6. The molecule has 0 aliphatic carbocycles. The van der Waals surface area contributed by atoms with E-state index in [-0.39, 0.29) is 24.3 Å². The zero-order chi connectivity index (χ0) is 18.5. The molecule has 1 atom stereocenters. The molecule has 9 heteroatoms. The first-order chi connectivity index (χ1) is 12.5. The fraction of sp³-hybridized carbons (Fsp3) is 0.765. The molecule has 3 rings (SSSR count). The molecule has 0 saturated carbocycles. The van der Waals surface area contributed by atoms with Gasteiger partial charge in [-0.05, 0) is 25.8 Å². The number of hydrogen-bond donors (Lipinski definition) is 1. The summed E-state index contributed by atoms with van der Waals surface area (Å²) in [5.74, 6) is 1.10. The molecular weight excluding hydrogens is 336 g/mol. The SMILES string of the molecule is Cc1nc(CN2CCCN(C(=O)C3CCCN(CC(N)=O)C3)CC2)no1. The topological polar surface area (TPSA) is 109 Å². The summed E-state index contributed by atoms with van der Waals surface area (Å²) in [5, 5.41) is 3.95. The molecule has 0 bridgehead atoms. The van der Waals surface area contributed by atoms with E-state index in [9.17, 15) is 9.59 Å². The second-order valence-corrected chi connectivity index (χ2v) is 7.23. The monoisotopic (exact) mass is 364 g/mol. The van der Waals surface area contributed by atoms with Gasteiger partial charge in [-0.1, -0.05) is 5.16 Å². The van der Waals surface area contributed by atoms with Crippen molar-refractivity contribution in [2.45, 2.75) is 32.7 Å². The van der Waals surface area contributed by atoms with Crippen LogP contribution in [0.3, 0.4) is 0 Å². The molecule has 2 aliphatic rings. The Labute approximate surface area is 153 Å². The van der Waals surface area contributed by atoms with E-state index in [4.69, 9.17) is 10.3 Å². The van der Waals surface area contributed by atoms with Crippen LogP contribution in [0, 0.1) is 12.8 Å². The lowest BCUT2D eigenvalue weighted by Crippen LogP contribution is -2.47. The lowest BCUT2D eigenvalue weighted by atomic mass is 9.96. The average Bonchev–Trinajstić information content (AvgIpc) is 2.87. The van der Waals surface area contributed by atoms with E-state index in [2.05, 4.69) is 15.0 Å². The summed E-state index contributed by atoms with van der Waals surface area (Å²) in [5.41, 5.74) is 5.29. The Bertz CT molecular complexity index is 634. The van der Waals surface area contributed by atoms with Crippen molar-refractivity contribution in [2.75, 3.05) is 45.8 Å². The smallest absolute Gasteiger partial charge is 0.231 e. The third-order valence-corrected chi connectivity index (χ3v) is 5.07. The molecule has 3 heterocycles. The molecule has 1 aromatic rings. The van der Waals surface area contributed by atoms with Crippen LogP contribution >= 0.6 is 0 Å². The number of amides is 2. The molecule has 26 heavy (non-hydrogen) atoms. The Balaban J connectivity index is 1.51. The summed E-state index contributed by atoms with van der Waals surface area (Å²) in [6, 6.07) is 0. The number of primary amides is 1. The first-order valence-corrected chi connectivity index (χ1v) is 9.32. The molecule has 1 unspecified atom stereocenters. The fourth-order valence-electron chi connectivity index (χ4n) is 3.83. The van der Waals surface area contributed by atoms with Crippen molar-refractivity contribution >= 4 is 11.8 Å². The van der Waals surface area contributed by atoms with E-state index in [0.717, 1.165) is 45.4 Å². The summed E-state index contributed by atoms with van der Waals surface area (Å²) < 4.78 is 5.02. The number of aromatic nitrogens is 2. The van der Waals surface area contributed by atoms with Gasteiger partial charge in [0.15, 0.2) is 5.82 Å². The lowest BCUT2D eigenvalue weighted by Gasteiger charge is -2.34. The van der Waals surface area contributed by atoms with Crippen molar-refractivity contribution in [3.05, 3.63) is 11.7 Å². The van der Waals surface area contributed by atoms with Crippen LogP contribution < -0.4 is 5.73 Å². The summed E-state index contributed by atoms with van der Waals surface area (Å²) in [6.07, 6.45) is 2.75. The van der Waals surface area contributed by atoms with Crippen molar-refractivity contribution in [1.29, 1.82) is 0 Å². The molecular formula is C17H28N6O3. The highest BCUT2D eigenvalue weighted by molar-refractivity contribution is 5.79. The molecule has 2 N–H and O–H groups in total. The number of nitrogens with two attached hydrogens (primary N) is 1. The Kier molecular flexibility index (Phi) is 6.20. The number of nitrogens with zero attached hydrogens (tertiary/aromatic N) is 5. The first kappa shape index (κ1) is 18.8. The number of hydrogen-bond acceptors (Lipinski definition) is 7. The highest BCUT2D eigenvalue weighted by atomic mass is 16.5. The van der Waals surface area contributed by atoms with Gasteiger partial charge in [-0.15, -0.1) is 0 Å². The van der Waals surface area contributed by atoms with Gasteiger partial charge in [0.1, 0.15) is 0 Å². The van der Waals surface area contributed by atoms with E-state index in [1.165, 1.54) is 0 Å². The standard InChI is InChI=1S/C17H28N6O3/c1-13-19-16(20-26-13)12-21-6-3-7-23(9-8-21)17(25)14-4-2-5-22(10-14)11-15(18)24/h14H,2-12H2,1H3,(H2,18,24). The highest BCUT2D eigenvalue weighted by Crippen LogP contribution is 2.20. The minimum Gasteiger partial charge on any atom is -0.369 e. The number of likely N-dealkylation sites (tertiary alicyclic amines) is 1. The van der Waals surface area contributed by atoms with Gasteiger partial charge in [-0.3, -0.25) is 19.4 Å². The van der Waals surface area contributed by atoms with E-state index in [1.54, 1.807) is 6.92 Å². The minimum atomic E-state index is -0.333. The maximum absolute atomic E-state index is 12.9. The van der Waals surface area contributed by atoms with Crippen LogP contribution in [0.25, 0.3) is 0 Å². The van der Waals surface area contributed by atoms with E-state index < -0.39 is 0 Å². The number of rotatable bonds is 5. The molecule has 1 aromatic heterocycles. The third-order valence-electron chi connectivity index (χ3n) is 5.07. The van der Waals surface area contributed by atoms with E-state index in [0.29, 0.717) is 31.3 Å². The second kappa shape index (κ2) is 8.59. The fourth-order valence-corrected chi connectivity index (χ4v) is 3.83. The largest absolute Gasteiger partial charge is 0.369 e. The normalized spacial score (nSPS) is 23.0. The molecule has 2 fully saturated rings. The molecule has 2 aliphatic heterocycles. The Morgan fingerprint density at radius 1 is 1.15 bits per heavy atom. The second-order valence-electron chi connectivity index (χ2n) is 7.23. The van der Waals surface area contributed by atoms with Crippen molar-refractivity contribution in [2.24, 2.45) is 11.7 Å². The summed E-state index contributed by atoms with van der Waals surface area (Å²) >= 11 is 0. The Morgan fingerprint density at radius 2 is 1.96 bits per heavy atom. The summed E-state index contributed by atoms with van der Waals surface area (Å²) in [7, 11) is 0. The number of carbonyl (C=O) groups excluding carboxylic acids is 2. The van der Waals surface area contributed by atoms with Gasteiger partial charge >= 0.3 is 0 Å². The molecule has 144 valence electrons. The van der Waals surface area contributed by atoms with E-state index >= 15 is 0 Å². The lowest BCUT2D eigenvalue weighted by molar-refractivity contribution is -0.138. The van der Waals surface area contributed by atoms with Crippen LogP contribution in [0.15, 0.2) is 4.52 Å². The van der Waals surface area contributed by atoms with Crippen molar-refractivity contribution in [3.63, 3.8) is 0 Å². The number of piperidine rings is 1. The van der Waals surface area contributed by atoms with Gasteiger partial charge in [0.2, 0.25) is 17.7 Å². The highest BCUT2D eigenvalue weighted by Gasteiger charge is 2.30. The molecule has 2 saturated heterocycles. The van der Waals surface area contributed by atoms with Crippen molar-refractivity contribution in [1.82, 2.24) is 24.8 Å². The van der Waals surface area contributed by atoms with Gasteiger partial charge in [0.05, 0.1) is 19.0 Å². The van der Waals surface area contributed by atoms with E-state index in [1.807, 2.05) is 9.80 Å². The van der Waals surface area contributed by atoms with Crippen LogP contribution in [-0.4, -0.2) is 82.5 Å². The van der Waals surface area contributed by atoms with Gasteiger partial charge in [-0.2, -0.15) is 4.98 Å². The number of carbonyl (C=O) groups is 2. The maximum Gasteiger partial charge on any atom is 0.231 e. The zero-order valence-corrected chi connectivity index (χ0v) is 15.4. The maximum atomic E-state index is 12.9. The Morgan fingerprint density at radius 3 is 2.69 bits per heavy atom. The predicted molar refractivity (Wildman–Crippen MR) is 93.9 cm³/mol. The van der Waals surface area contributed by atoms with Crippen LogP contribution in [0.4, 0.5) is 0 Å². The van der Waals surface area contributed by atoms with Crippen LogP contribution in [0.5, 0.6) is 0 Å². The van der Waals surface area contributed by atoms with Crippen molar-refractivity contribution in [3.8, 4) is 0 Å². The molecule has 0 aromatic carbocycles. The molecule has 0 spiro atoms. The van der Waals surface area contributed by atoms with Gasteiger partial charge in [0, 0.05) is 39.6 Å². The molecule has 9 nitrogen and oxygen atoms in total. The first-order valence-electron chi connectivity index (χ1n) is 9.32. The minimum absolute atomic E-state index is 0.0329. The third kappa shape index (κ3) is 5.01.